The second-order valence-electron chi connectivity index (χ2n) is 2.08. The molecule has 0 radical (unpaired) electrons. The van der Waals surface area contributed by atoms with E-state index < -0.39 is 27.4 Å². The zero-order chi connectivity index (χ0) is 10.6. The molecule has 1 aliphatic rings. The summed E-state index contributed by atoms with van der Waals surface area (Å²) in [6, 6.07) is 0. The smallest absolute Gasteiger partial charge is 0.319 e. The van der Waals surface area contributed by atoms with Gasteiger partial charge in [-0.1, -0.05) is 0 Å². The lowest BCUT2D eigenvalue weighted by Crippen LogP contribution is -2.31. The summed E-state index contributed by atoms with van der Waals surface area (Å²) in [5, 5.41) is 0. The van der Waals surface area contributed by atoms with Crippen LogP contribution in [0.1, 0.15) is 0 Å². The molecule has 1 N–H and O–H groups in total. The summed E-state index contributed by atoms with van der Waals surface area (Å²) in [5.74, 6) is -4.12. The molecule has 1 unspecified atom stereocenters. The predicted molar refractivity (Wildman–Crippen MR) is 45.7 cm³/mol. The Bertz CT molecular complexity index is 249. The molecule has 0 saturated heterocycles. The highest BCUT2D eigenvalue weighted by molar-refractivity contribution is 7.63. The summed E-state index contributed by atoms with van der Waals surface area (Å²) in [7, 11) is -0.799. The molecule has 0 aliphatic carbocycles. The van der Waals surface area contributed by atoms with Gasteiger partial charge in [-0.3, -0.25) is 0 Å². The minimum atomic E-state index is -4.12. The molecular weight excluding hydrogens is 263 g/mol. The Hall–Kier alpha value is 0.270. The van der Waals surface area contributed by atoms with E-state index in [0.29, 0.717) is 17.0 Å². The maximum atomic E-state index is 12.3. The molecule has 0 bridgehead atoms. The van der Waals surface area contributed by atoms with E-state index in [1.807, 2.05) is 0 Å². The Morgan fingerprint density at radius 1 is 1.50 bits per heavy atom. The first-order valence-electron chi connectivity index (χ1n) is 3.18. The van der Waals surface area contributed by atoms with Crippen molar-refractivity contribution in [1.29, 1.82) is 0 Å². The maximum Gasteiger partial charge on any atom is 0.330 e. The van der Waals surface area contributed by atoms with Crippen LogP contribution in [0.3, 0.4) is 0 Å². The fraction of sp³-hybridized carbons (Fsp3) is 1.00. The summed E-state index contributed by atoms with van der Waals surface area (Å²) >= 11 is 0. The number of alkyl halides is 4. The van der Waals surface area contributed by atoms with Gasteiger partial charge in [0, 0.05) is 0 Å². The first-order chi connectivity index (χ1) is 6.52. The van der Waals surface area contributed by atoms with Gasteiger partial charge in [-0.2, -0.15) is 22.7 Å². The van der Waals surface area contributed by atoms with Gasteiger partial charge >= 0.3 is 12.3 Å². The molecule has 14 heavy (non-hydrogen) atoms. The Kier molecular flexibility index (Phi) is 4.74. The van der Waals surface area contributed by atoms with Crippen molar-refractivity contribution >= 4 is 25.5 Å². The fourth-order valence-corrected chi connectivity index (χ4v) is 3.41. The highest BCUT2D eigenvalue weighted by atomic mass is 31.2. The summed E-state index contributed by atoms with van der Waals surface area (Å²) in [5.41, 5.74) is 0. The van der Waals surface area contributed by atoms with Gasteiger partial charge in [-0.05, 0) is 0 Å². The molecule has 0 spiro atoms. The first-order valence-corrected chi connectivity index (χ1v) is 6.03. The highest BCUT2D eigenvalue weighted by Gasteiger charge is 2.41. The number of halogens is 4. The maximum absolute atomic E-state index is 12.3. The zero-order valence-corrected chi connectivity index (χ0v) is 9.12. The topological polar surface area (TPSA) is 46.0 Å². The van der Waals surface area contributed by atoms with E-state index in [9.17, 15) is 17.6 Å². The molecule has 1 aliphatic heterocycles. The molecule has 0 aromatic heterocycles. The monoisotopic (exact) mass is 267 g/mol. The van der Waals surface area contributed by atoms with Crippen molar-refractivity contribution in [3.63, 3.8) is 0 Å². The predicted octanol–water partition coefficient (Wildman–Crippen LogP) is 3.82. The molecule has 0 fully saturated rings. The fourth-order valence-electron chi connectivity index (χ4n) is 0.417. The van der Waals surface area contributed by atoms with E-state index >= 15 is 0 Å². The summed E-state index contributed by atoms with van der Waals surface area (Å²) in [4.78, 5) is 2.53. The van der Waals surface area contributed by atoms with E-state index in [1.54, 1.807) is 0 Å². The quantitative estimate of drug-likeness (QED) is 0.621. The lowest BCUT2D eigenvalue weighted by atomic mass is 10.4. The molecule has 11 heteroatoms. The van der Waals surface area contributed by atoms with Crippen LogP contribution < -0.4 is 4.86 Å². The SMILES string of the molecule is FC(F)C(F)(F)COP1N=PN=PN1. The Morgan fingerprint density at radius 2 is 2.21 bits per heavy atom. The van der Waals surface area contributed by atoms with Gasteiger partial charge in [-0.25, -0.2) is 8.78 Å². The van der Waals surface area contributed by atoms with Crippen LogP contribution in [0.15, 0.2) is 9.03 Å². The van der Waals surface area contributed by atoms with Crippen LogP contribution in [0.2, 0.25) is 0 Å². The average molecular weight is 267 g/mol. The molecule has 1 heterocycles. The van der Waals surface area contributed by atoms with Gasteiger partial charge in [0.05, 0.1) is 0 Å². The Balaban J connectivity index is 2.33. The van der Waals surface area contributed by atoms with Crippen molar-refractivity contribution in [2.45, 2.75) is 12.3 Å². The standard InChI is InChI=1S/C3H4F4N3OP3/c4-2(5)3(6,7)1-11-14-9-12-8-13-10-14/h2H,1H2,(H,8,9,10). The largest absolute Gasteiger partial charge is 0.330 e. The van der Waals surface area contributed by atoms with Crippen molar-refractivity contribution in [2.24, 2.45) is 9.03 Å². The molecule has 0 aromatic carbocycles. The Morgan fingerprint density at radius 3 is 2.71 bits per heavy atom. The van der Waals surface area contributed by atoms with Gasteiger partial charge in [0.1, 0.15) is 15.1 Å². The summed E-state index contributed by atoms with van der Waals surface area (Å²) < 4.78 is 59.8. The van der Waals surface area contributed by atoms with E-state index in [-0.39, 0.29) is 0 Å². The molecule has 0 saturated carbocycles. The third-order valence-electron chi connectivity index (χ3n) is 1.03. The van der Waals surface area contributed by atoms with Crippen LogP contribution >= 0.6 is 25.5 Å². The number of rotatable bonds is 4. The molecule has 4 nitrogen and oxygen atoms in total. The minimum Gasteiger partial charge on any atom is -0.319 e. The van der Waals surface area contributed by atoms with Gasteiger partial charge in [0.25, 0.3) is 0 Å². The highest BCUT2D eigenvalue weighted by Crippen LogP contribution is 2.45. The summed E-state index contributed by atoms with van der Waals surface area (Å²) in [6.07, 6.45) is -3.72. The lowest BCUT2D eigenvalue weighted by molar-refractivity contribution is -0.147. The zero-order valence-electron chi connectivity index (χ0n) is 6.44. The third-order valence-corrected chi connectivity index (χ3v) is 4.10. The van der Waals surface area contributed by atoms with E-state index in [4.69, 9.17) is 0 Å². The van der Waals surface area contributed by atoms with Gasteiger partial charge < -0.3 is 4.52 Å². The Labute approximate surface area is 81.2 Å². The molecule has 0 aromatic rings. The van der Waals surface area contributed by atoms with Crippen molar-refractivity contribution < 1.29 is 22.1 Å². The van der Waals surface area contributed by atoms with Crippen LogP contribution in [-0.4, -0.2) is 19.0 Å². The number of nitrogens with one attached hydrogen (secondary N) is 1. The van der Waals surface area contributed by atoms with E-state index in [1.165, 1.54) is 0 Å². The normalized spacial score (nSPS) is 24.2. The first kappa shape index (κ1) is 12.3. The second kappa shape index (κ2) is 5.38. The molecule has 0 amide bonds. The summed E-state index contributed by atoms with van der Waals surface area (Å²) in [6.45, 7) is -1.34. The van der Waals surface area contributed by atoms with Gasteiger partial charge in [-0.15, -0.1) is 0 Å². The van der Waals surface area contributed by atoms with Crippen molar-refractivity contribution in [3.8, 4) is 0 Å². The second-order valence-corrected chi connectivity index (χ2v) is 5.49. The van der Waals surface area contributed by atoms with Crippen LogP contribution in [-0.2, 0) is 4.52 Å². The van der Waals surface area contributed by atoms with Crippen LogP contribution in [0.4, 0.5) is 17.6 Å². The lowest BCUT2D eigenvalue weighted by Gasteiger charge is -2.17. The van der Waals surface area contributed by atoms with Gasteiger partial charge in [0.15, 0.2) is 8.52 Å². The van der Waals surface area contributed by atoms with Crippen LogP contribution in [0.25, 0.3) is 0 Å². The molecular formula is C3H4F4N3OP3. The van der Waals surface area contributed by atoms with Crippen molar-refractivity contribution in [2.75, 3.05) is 6.61 Å². The third kappa shape index (κ3) is 3.79. The van der Waals surface area contributed by atoms with E-state index in [2.05, 4.69) is 18.4 Å². The molecule has 1 rings (SSSR count). The van der Waals surface area contributed by atoms with E-state index in [0.717, 1.165) is 0 Å². The molecule has 1 atom stereocenters. The van der Waals surface area contributed by atoms with Crippen LogP contribution in [0.5, 0.6) is 0 Å². The minimum absolute atomic E-state index is 0.362. The average Bonchev–Trinajstić information content (AvgIpc) is 2.16. The number of hydrogen-bond acceptors (Lipinski definition) is 4. The van der Waals surface area contributed by atoms with Crippen LogP contribution in [0, 0.1) is 0 Å². The number of hydrogen-bond donors (Lipinski definition) is 1. The number of nitrogens with zero attached hydrogens (tertiary/aromatic N) is 2. The van der Waals surface area contributed by atoms with Gasteiger partial charge in [0.2, 0.25) is 8.45 Å². The van der Waals surface area contributed by atoms with Crippen molar-refractivity contribution in [1.82, 2.24) is 4.86 Å². The molecule has 80 valence electrons. The van der Waals surface area contributed by atoms with Crippen molar-refractivity contribution in [3.05, 3.63) is 0 Å².